The van der Waals surface area contributed by atoms with Crippen LogP contribution < -0.4 is 5.32 Å². The lowest BCUT2D eigenvalue weighted by Gasteiger charge is -2.25. The van der Waals surface area contributed by atoms with Crippen LogP contribution in [0.1, 0.15) is 6.42 Å². The molecular weight excluding hydrogens is 360 g/mol. The molecule has 1 heterocycles. The molecule has 1 N–H and O–H groups in total. The highest BCUT2D eigenvalue weighted by atomic mass is 79.9. The van der Waals surface area contributed by atoms with Gasteiger partial charge in [-0.25, -0.2) is 8.42 Å². The quantitative estimate of drug-likeness (QED) is 0.843. The standard InChI is InChI=1S/C13H17BrN2O4S/c14-11-2-1-3-12(10-11)15-13(17)4-9-21(18,19)16-5-7-20-8-6-16/h1-3,10H,4-9H2,(H,15,17). The Balaban J connectivity index is 1.85. The highest BCUT2D eigenvalue weighted by molar-refractivity contribution is 9.10. The fourth-order valence-electron chi connectivity index (χ4n) is 1.97. The van der Waals surface area contributed by atoms with E-state index in [0.717, 1.165) is 4.47 Å². The van der Waals surface area contributed by atoms with Crippen LogP contribution in [0.2, 0.25) is 0 Å². The van der Waals surface area contributed by atoms with Crippen LogP contribution in [0.25, 0.3) is 0 Å². The van der Waals surface area contributed by atoms with Crippen molar-refractivity contribution in [2.24, 2.45) is 0 Å². The summed E-state index contributed by atoms with van der Waals surface area (Å²) in [4.78, 5) is 11.8. The summed E-state index contributed by atoms with van der Waals surface area (Å²) in [5.74, 6) is -0.503. The van der Waals surface area contributed by atoms with E-state index in [4.69, 9.17) is 4.74 Å². The Morgan fingerprint density at radius 3 is 2.71 bits per heavy atom. The van der Waals surface area contributed by atoms with Crippen LogP contribution >= 0.6 is 15.9 Å². The lowest BCUT2D eigenvalue weighted by Crippen LogP contribution is -2.42. The van der Waals surface area contributed by atoms with Crippen LogP contribution in [0.3, 0.4) is 0 Å². The Morgan fingerprint density at radius 2 is 2.05 bits per heavy atom. The molecular formula is C13H17BrN2O4S. The third-order valence-electron chi connectivity index (χ3n) is 3.06. The highest BCUT2D eigenvalue weighted by Gasteiger charge is 2.24. The minimum atomic E-state index is -3.40. The summed E-state index contributed by atoms with van der Waals surface area (Å²) < 4.78 is 31.5. The van der Waals surface area contributed by atoms with Crippen LogP contribution in [0.15, 0.2) is 28.7 Å². The largest absolute Gasteiger partial charge is 0.379 e. The van der Waals surface area contributed by atoms with E-state index in [0.29, 0.717) is 32.0 Å². The van der Waals surface area contributed by atoms with Gasteiger partial charge in [0.15, 0.2) is 0 Å². The molecule has 116 valence electrons. The Bertz CT molecular complexity index is 600. The number of carbonyl (C=O) groups excluding carboxylic acids is 1. The SMILES string of the molecule is O=C(CCS(=O)(=O)N1CCOCC1)Nc1cccc(Br)c1. The van der Waals surface area contributed by atoms with E-state index in [1.165, 1.54) is 4.31 Å². The second kappa shape index (κ2) is 7.35. The number of amides is 1. The number of hydrogen-bond donors (Lipinski definition) is 1. The average Bonchev–Trinajstić information content (AvgIpc) is 2.46. The van der Waals surface area contributed by atoms with Crippen molar-refractivity contribution in [3.63, 3.8) is 0 Å². The van der Waals surface area contributed by atoms with Gasteiger partial charge in [0.25, 0.3) is 0 Å². The predicted molar refractivity (Wildman–Crippen MR) is 83.6 cm³/mol. The van der Waals surface area contributed by atoms with E-state index in [1.54, 1.807) is 18.2 Å². The summed E-state index contributed by atoms with van der Waals surface area (Å²) in [6, 6.07) is 7.15. The zero-order valence-electron chi connectivity index (χ0n) is 11.4. The van der Waals surface area contributed by atoms with Crippen molar-refractivity contribution in [2.75, 3.05) is 37.4 Å². The molecule has 1 fully saturated rings. The summed E-state index contributed by atoms with van der Waals surface area (Å²) in [5, 5.41) is 2.68. The lowest BCUT2D eigenvalue weighted by molar-refractivity contribution is -0.115. The summed E-state index contributed by atoms with van der Waals surface area (Å²) in [6.45, 7) is 1.53. The molecule has 8 heteroatoms. The molecule has 0 aromatic heterocycles. The van der Waals surface area contributed by atoms with Crippen molar-refractivity contribution in [3.8, 4) is 0 Å². The summed E-state index contributed by atoms with van der Waals surface area (Å²) in [7, 11) is -3.40. The fourth-order valence-corrected chi connectivity index (χ4v) is 3.77. The van der Waals surface area contributed by atoms with Gasteiger partial charge in [0.1, 0.15) is 0 Å². The van der Waals surface area contributed by atoms with Crippen molar-refractivity contribution in [1.29, 1.82) is 0 Å². The van der Waals surface area contributed by atoms with Gasteiger partial charge >= 0.3 is 0 Å². The molecule has 0 unspecified atom stereocenters. The number of anilines is 1. The van der Waals surface area contributed by atoms with E-state index in [2.05, 4.69) is 21.2 Å². The minimum Gasteiger partial charge on any atom is -0.379 e. The molecule has 1 amide bonds. The van der Waals surface area contributed by atoms with E-state index >= 15 is 0 Å². The van der Waals surface area contributed by atoms with Crippen LogP contribution in [0.5, 0.6) is 0 Å². The molecule has 2 rings (SSSR count). The van der Waals surface area contributed by atoms with Gasteiger partial charge in [-0.15, -0.1) is 0 Å². The number of ether oxygens (including phenoxy) is 1. The Kier molecular flexibility index (Phi) is 5.74. The fraction of sp³-hybridized carbons (Fsp3) is 0.462. The molecule has 0 radical (unpaired) electrons. The smallest absolute Gasteiger partial charge is 0.225 e. The van der Waals surface area contributed by atoms with Crippen LogP contribution in [-0.2, 0) is 19.6 Å². The van der Waals surface area contributed by atoms with Crippen molar-refractivity contribution < 1.29 is 17.9 Å². The van der Waals surface area contributed by atoms with Crippen molar-refractivity contribution >= 4 is 37.5 Å². The van der Waals surface area contributed by atoms with Gasteiger partial charge < -0.3 is 10.1 Å². The molecule has 1 aliphatic heterocycles. The van der Waals surface area contributed by atoms with Gasteiger partial charge in [0, 0.05) is 29.7 Å². The minimum absolute atomic E-state index is 0.0633. The van der Waals surface area contributed by atoms with Gasteiger partial charge in [-0.05, 0) is 18.2 Å². The normalized spacial score (nSPS) is 16.6. The van der Waals surface area contributed by atoms with E-state index in [-0.39, 0.29) is 18.1 Å². The predicted octanol–water partition coefficient (Wildman–Crippen LogP) is 1.44. The maximum Gasteiger partial charge on any atom is 0.225 e. The summed E-state index contributed by atoms with van der Waals surface area (Å²) in [6.07, 6.45) is -0.0633. The number of carbonyl (C=O) groups is 1. The highest BCUT2D eigenvalue weighted by Crippen LogP contribution is 2.16. The molecule has 0 spiro atoms. The molecule has 1 aliphatic rings. The number of morpholine rings is 1. The first-order valence-corrected chi connectivity index (χ1v) is 8.98. The first kappa shape index (κ1) is 16.4. The first-order valence-electron chi connectivity index (χ1n) is 6.58. The summed E-state index contributed by atoms with van der Waals surface area (Å²) >= 11 is 3.31. The summed E-state index contributed by atoms with van der Waals surface area (Å²) in [5.41, 5.74) is 0.637. The van der Waals surface area contributed by atoms with Gasteiger partial charge in [-0.1, -0.05) is 22.0 Å². The number of rotatable bonds is 5. The third-order valence-corrected chi connectivity index (χ3v) is 5.42. The molecule has 1 saturated heterocycles. The van der Waals surface area contributed by atoms with Gasteiger partial charge in [-0.2, -0.15) is 4.31 Å². The molecule has 6 nitrogen and oxygen atoms in total. The molecule has 21 heavy (non-hydrogen) atoms. The molecule has 1 aromatic rings. The van der Waals surface area contributed by atoms with Gasteiger partial charge in [0.05, 0.1) is 19.0 Å². The maximum absolute atomic E-state index is 12.1. The van der Waals surface area contributed by atoms with E-state index < -0.39 is 10.0 Å². The Labute approximate surface area is 132 Å². The lowest BCUT2D eigenvalue weighted by atomic mass is 10.3. The molecule has 0 saturated carbocycles. The Hall–Kier alpha value is -0.960. The number of sulfonamides is 1. The van der Waals surface area contributed by atoms with Gasteiger partial charge in [-0.3, -0.25) is 4.79 Å². The number of nitrogens with one attached hydrogen (secondary N) is 1. The molecule has 1 aromatic carbocycles. The second-order valence-corrected chi connectivity index (χ2v) is 7.64. The van der Waals surface area contributed by atoms with E-state index in [9.17, 15) is 13.2 Å². The van der Waals surface area contributed by atoms with Crippen LogP contribution in [0.4, 0.5) is 5.69 Å². The third kappa shape index (κ3) is 5.06. The Morgan fingerprint density at radius 1 is 1.33 bits per heavy atom. The number of halogens is 1. The second-order valence-electron chi connectivity index (χ2n) is 4.64. The van der Waals surface area contributed by atoms with Gasteiger partial charge in [0.2, 0.25) is 15.9 Å². The average molecular weight is 377 g/mol. The number of benzene rings is 1. The van der Waals surface area contributed by atoms with Crippen molar-refractivity contribution in [3.05, 3.63) is 28.7 Å². The van der Waals surface area contributed by atoms with Crippen molar-refractivity contribution in [2.45, 2.75) is 6.42 Å². The topological polar surface area (TPSA) is 75.7 Å². The maximum atomic E-state index is 12.1. The number of hydrogen-bond acceptors (Lipinski definition) is 4. The molecule has 0 bridgehead atoms. The van der Waals surface area contributed by atoms with Crippen LogP contribution in [0, 0.1) is 0 Å². The molecule has 0 atom stereocenters. The zero-order chi connectivity index (χ0) is 15.3. The monoisotopic (exact) mass is 376 g/mol. The first-order chi connectivity index (χ1) is 9.97. The molecule has 0 aliphatic carbocycles. The van der Waals surface area contributed by atoms with E-state index in [1.807, 2.05) is 6.07 Å². The zero-order valence-corrected chi connectivity index (χ0v) is 13.8. The van der Waals surface area contributed by atoms with Crippen LogP contribution in [-0.4, -0.2) is 50.7 Å². The number of nitrogens with zero attached hydrogens (tertiary/aromatic N) is 1. The van der Waals surface area contributed by atoms with Crippen molar-refractivity contribution in [1.82, 2.24) is 4.31 Å².